The Balaban J connectivity index is 1.42. The van der Waals surface area contributed by atoms with E-state index in [2.05, 4.69) is 15.0 Å². The summed E-state index contributed by atoms with van der Waals surface area (Å²) in [7, 11) is 0. The van der Waals surface area contributed by atoms with Gasteiger partial charge in [-0.1, -0.05) is 158 Å². The fraction of sp³-hybridized carbons (Fsp3) is 0.133. The predicted octanol–water partition coefficient (Wildman–Crippen LogP) is 11.4. The normalized spacial score (nSPS) is 22.1. The molecule has 0 unspecified atom stereocenters. The molecule has 230 valence electrons. The highest BCUT2D eigenvalue weighted by Crippen LogP contribution is 2.56. The monoisotopic (exact) mass is 636 g/mol. The van der Waals surface area contributed by atoms with E-state index in [-0.39, 0.29) is 36.7 Å². The first kappa shape index (κ1) is 15.0. The molecule has 0 aliphatic heterocycles. The number of aromatic nitrogens is 3. The molecule has 9 rings (SSSR count). The van der Waals surface area contributed by atoms with Gasteiger partial charge >= 0.3 is 0 Å². The fourth-order valence-corrected chi connectivity index (χ4v) is 6.14. The minimum atomic E-state index is -2.71. The third kappa shape index (κ3) is 4.86. The summed E-state index contributed by atoms with van der Waals surface area (Å²) in [4.78, 5) is 14.0. The van der Waals surface area contributed by atoms with Crippen LogP contribution >= 0.6 is 0 Å². The van der Waals surface area contributed by atoms with E-state index in [1.807, 2.05) is 0 Å². The summed E-state index contributed by atoms with van der Waals surface area (Å²) < 4.78 is 175. The summed E-state index contributed by atoms with van der Waals surface area (Å²) in [5.74, 6) is -0.158. The van der Waals surface area contributed by atoms with Gasteiger partial charge in [0.1, 0.15) is 0 Å². The number of hydrogen-bond donors (Lipinski definition) is 0. The van der Waals surface area contributed by atoms with Crippen LogP contribution in [0.15, 0.2) is 151 Å². The van der Waals surface area contributed by atoms with Crippen molar-refractivity contribution in [2.75, 3.05) is 0 Å². The van der Waals surface area contributed by atoms with Gasteiger partial charge in [0.25, 0.3) is 0 Å². The summed E-state index contributed by atoms with van der Waals surface area (Å²) in [6, 6.07) is 4.74. The first-order valence-electron chi connectivity index (χ1n) is 24.9. The van der Waals surface area contributed by atoms with Crippen LogP contribution in [0.4, 0.5) is 0 Å². The van der Waals surface area contributed by atoms with Crippen LogP contribution in [0.5, 0.6) is 0 Å². The Hall–Kier alpha value is -5.67. The molecule has 2 aliphatic carbocycles. The van der Waals surface area contributed by atoms with E-state index in [4.69, 9.17) is 9.60 Å². The summed E-state index contributed by atoms with van der Waals surface area (Å²) in [5, 5.41) is 0. The highest BCUT2D eigenvalue weighted by atomic mass is 15.0. The van der Waals surface area contributed by atoms with Crippen molar-refractivity contribution in [2.24, 2.45) is 0 Å². The first-order valence-corrected chi connectivity index (χ1v) is 15.4. The van der Waals surface area contributed by atoms with Crippen LogP contribution in [-0.4, -0.2) is 15.0 Å². The molecule has 0 N–H and O–H groups in total. The molecule has 1 aromatic heterocycles. The van der Waals surface area contributed by atoms with Crippen LogP contribution in [0.3, 0.4) is 0 Å². The van der Waals surface area contributed by atoms with E-state index in [0.29, 0.717) is 11.1 Å². The van der Waals surface area contributed by atoms with Crippen LogP contribution in [0.25, 0.3) is 67.5 Å². The minimum absolute atomic E-state index is 0.00178. The summed E-state index contributed by atoms with van der Waals surface area (Å²) in [6.07, 6.45) is -6.10. The van der Waals surface area contributed by atoms with Crippen LogP contribution in [0, 0.1) is 0 Å². The van der Waals surface area contributed by atoms with Crippen molar-refractivity contribution >= 4 is 0 Å². The molecule has 0 amide bonds. The average Bonchev–Trinajstić information content (AvgIpc) is 3.65. The maximum Gasteiger partial charge on any atom is 0.164 e. The van der Waals surface area contributed by atoms with Crippen LogP contribution < -0.4 is 0 Å². The molecule has 1 spiro atoms. The largest absolute Gasteiger partial charge is 0.208 e. The van der Waals surface area contributed by atoms with E-state index >= 15 is 0 Å². The second kappa shape index (κ2) is 11.8. The van der Waals surface area contributed by atoms with Crippen molar-refractivity contribution in [3.8, 4) is 67.5 Å². The van der Waals surface area contributed by atoms with E-state index < -0.39 is 159 Å². The molecule has 1 heterocycles. The zero-order valence-electron chi connectivity index (χ0n) is 44.2. The van der Waals surface area contributed by atoms with Gasteiger partial charge in [-0.2, -0.15) is 0 Å². The maximum absolute atomic E-state index is 9.88. The molecular formula is C45H35N3. The van der Waals surface area contributed by atoms with E-state index in [1.165, 1.54) is 0 Å². The van der Waals surface area contributed by atoms with Crippen molar-refractivity contribution in [1.82, 2.24) is 15.0 Å². The third-order valence-electron chi connectivity index (χ3n) is 8.37. The van der Waals surface area contributed by atoms with Crippen molar-refractivity contribution in [3.05, 3.63) is 162 Å². The number of fused-ring (bicyclic) bond motifs is 5. The summed E-state index contributed by atoms with van der Waals surface area (Å²) in [6.45, 7) is 0. The lowest BCUT2D eigenvalue weighted by Crippen LogP contribution is -2.28. The molecule has 0 atom stereocenters. The molecule has 1 saturated carbocycles. The Bertz CT molecular complexity index is 3210. The van der Waals surface area contributed by atoms with Gasteiger partial charge in [-0.15, -0.1) is 0 Å². The fourth-order valence-electron chi connectivity index (χ4n) is 6.14. The molecule has 0 radical (unpaired) electrons. The zero-order chi connectivity index (χ0) is 48.6. The Morgan fingerprint density at radius 1 is 0.438 bits per heavy atom. The number of nitrogens with zero attached hydrogens (tertiary/aromatic N) is 3. The van der Waals surface area contributed by atoms with Crippen molar-refractivity contribution < 1.29 is 26.0 Å². The van der Waals surface area contributed by atoms with Gasteiger partial charge in [0.15, 0.2) is 17.5 Å². The second-order valence-electron chi connectivity index (χ2n) is 11.2. The average molecular weight is 637 g/mol. The van der Waals surface area contributed by atoms with Crippen LogP contribution in [0.2, 0.25) is 0 Å². The van der Waals surface area contributed by atoms with Gasteiger partial charge in [-0.25, -0.2) is 15.0 Å². The number of benzene rings is 6. The first-order chi connectivity index (χ1) is 31.5. The summed E-state index contributed by atoms with van der Waals surface area (Å²) in [5.41, 5.74) is -6.97. The Morgan fingerprint density at radius 2 is 1.00 bits per heavy atom. The van der Waals surface area contributed by atoms with Crippen molar-refractivity contribution in [3.63, 3.8) is 0 Å². The molecule has 1 fully saturated rings. The minimum Gasteiger partial charge on any atom is -0.208 e. The summed E-state index contributed by atoms with van der Waals surface area (Å²) >= 11 is 0. The lowest BCUT2D eigenvalue weighted by atomic mass is 9.67. The number of rotatable bonds is 5. The quantitative estimate of drug-likeness (QED) is 0.189. The van der Waals surface area contributed by atoms with Gasteiger partial charge in [0.05, 0.1) is 20.6 Å². The standard InChI is InChI=1S/C45H35N3/c1-4-15-31(16-5-1)42-46-43(32-17-6-2-7-18-32)48-44(47-42)39-23-9-8-21-36(39)35-20-14-19-33(29-35)34-25-26-38-37-22-10-11-24-40(37)45(41(38)30-34)27-12-3-13-28-45/h1-2,4-11,14-26,29-30H,3,12-13,27-28H2/i8D,9D,10D,11D,14D,19D,20D,21D,22D,23D,24D,25D,26D,27D2,28D2,29D,30D. The Labute approximate surface area is 308 Å². The Kier molecular flexibility index (Phi) is 3.71. The smallest absolute Gasteiger partial charge is 0.164 e. The van der Waals surface area contributed by atoms with Crippen molar-refractivity contribution in [2.45, 2.75) is 37.4 Å². The second-order valence-corrected chi connectivity index (χ2v) is 11.2. The van der Waals surface area contributed by atoms with Gasteiger partial charge < -0.3 is 0 Å². The van der Waals surface area contributed by atoms with Gasteiger partial charge in [0, 0.05) is 27.6 Å². The van der Waals surface area contributed by atoms with E-state index in [1.54, 1.807) is 60.7 Å². The molecule has 0 bridgehead atoms. The lowest BCUT2D eigenvalue weighted by Gasteiger charge is -2.36. The SMILES string of the molecule is [2H]c1c([2H])c(-c2c([2H])c([2H])c3c(c2[2H])C2(c4c([2H])c([2H])c([2H])c([2H])c4-3)C([2H])([2H])CCCC2([2H])[2H])c([2H])c(-c2c([2H])c([2H])c([2H])c([2H])c2-c2nc(-c3ccccc3)nc(-c3ccccc3)n2)c1[2H]. The van der Waals surface area contributed by atoms with Gasteiger partial charge in [-0.05, 0) is 69.3 Å². The lowest BCUT2D eigenvalue weighted by molar-refractivity contribution is 0.353. The number of hydrogen-bond acceptors (Lipinski definition) is 3. The highest BCUT2D eigenvalue weighted by Gasteiger charge is 2.43. The topological polar surface area (TPSA) is 38.7 Å². The van der Waals surface area contributed by atoms with Crippen LogP contribution in [0.1, 0.15) is 69.2 Å². The molecule has 7 aromatic rings. The molecule has 2 aliphatic rings. The molecule has 3 heteroatoms. The van der Waals surface area contributed by atoms with Crippen molar-refractivity contribution in [1.29, 1.82) is 0 Å². The van der Waals surface area contributed by atoms with Gasteiger partial charge in [-0.3, -0.25) is 0 Å². The van der Waals surface area contributed by atoms with E-state index in [9.17, 15) is 16.4 Å². The molecular weight excluding hydrogens is 583 g/mol. The Morgan fingerprint density at radius 3 is 1.71 bits per heavy atom. The van der Waals surface area contributed by atoms with Gasteiger partial charge in [0.2, 0.25) is 0 Å². The zero-order valence-corrected chi connectivity index (χ0v) is 25.2. The van der Waals surface area contributed by atoms with Crippen LogP contribution in [-0.2, 0) is 5.41 Å². The van der Waals surface area contributed by atoms with E-state index in [0.717, 1.165) is 0 Å². The molecule has 48 heavy (non-hydrogen) atoms. The maximum atomic E-state index is 9.88. The third-order valence-corrected chi connectivity index (χ3v) is 8.37. The molecule has 0 saturated heterocycles. The highest BCUT2D eigenvalue weighted by molar-refractivity contribution is 5.87. The molecule has 3 nitrogen and oxygen atoms in total. The predicted molar refractivity (Wildman–Crippen MR) is 196 cm³/mol. The molecule has 6 aromatic carbocycles.